The van der Waals surface area contributed by atoms with Crippen molar-refractivity contribution in [2.75, 3.05) is 0 Å². The number of nitro benzene ring substituents is 1. The van der Waals surface area contributed by atoms with Crippen LogP contribution in [0.25, 0.3) is 23.0 Å². The summed E-state index contributed by atoms with van der Waals surface area (Å²) in [5.41, 5.74) is 3.16. The van der Waals surface area contributed by atoms with Gasteiger partial charge in [0.1, 0.15) is 5.69 Å². The highest BCUT2D eigenvalue weighted by atomic mass is 16.6. The first-order chi connectivity index (χ1) is 16.1. The van der Waals surface area contributed by atoms with Crippen molar-refractivity contribution < 1.29 is 14.5 Å². The molecule has 160 valence electrons. The van der Waals surface area contributed by atoms with Gasteiger partial charge in [0.15, 0.2) is 5.70 Å². The number of aliphatic imine (C=N–C) groups is 1. The molecule has 8 nitrogen and oxygen atoms in total. The fourth-order valence-electron chi connectivity index (χ4n) is 3.46. The van der Waals surface area contributed by atoms with Crippen LogP contribution in [-0.4, -0.2) is 26.6 Å². The molecule has 0 aliphatic carbocycles. The number of nitrogens with zero attached hydrogens (tertiary/aromatic N) is 4. The molecule has 3 aromatic carbocycles. The van der Waals surface area contributed by atoms with Gasteiger partial charge in [-0.2, -0.15) is 5.10 Å². The van der Waals surface area contributed by atoms with Crippen molar-refractivity contribution in [3.63, 3.8) is 0 Å². The molecule has 1 aromatic heterocycles. The van der Waals surface area contributed by atoms with E-state index in [0.717, 1.165) is 5.69 Å². The minimum Gasteiger partial charge on any atom is -0.402 e. The van der Waals surface area contributed by atoms with E-state index in [0.29, 0.717) is 22.4 Å². The molecule has 0 radical (unpaired) electrons. The number of carbonyl (C=O) groups excluding carboxylic acids is 1. The van der Waals surface area contributed by atoms with E-state index in [1.54, 1.807) is 41.2 Å². The van der Waals surface area contributed by atoms with Crippen molar-refractivity contribution in [2.45, 2.75) is 0 Å². The predicted molar refractivity (Wildman–Crippen MR) is 123 cm³/mol. The van der Waals surface area contributed by atoms with E-state index in [1.807, 2.05) is 48.5 Å². The summed E-state index contributed by atoms with van der Waals surface area (Å²) in [4.78, 5) is 27.7. The van der Waals surface area contributed by atoms with Gasteiger partial charge < -0.3 is 4.74 Å². The molecule has 4 aromatic rings. The summed E-state index contributed by atoms with van der Waals surface area (Å²) in [6.45, 7) is 0. The van der Waals surface area contributed by atoms with Crippen molar-refractivity contribution >= 4 is 23.6 Å². The summed E-state index contributed by atoms with van der Waals surface area (Å²) in [5.74, 6) is -0.356. The normalized spacial score (nSPS) is 14.2. The average molecular weight is 436 g/mol. The van der Waals surface area contributed by atoms with Gasteiger partial charge in [-0.05, 0) is 30.3 Å². The molecular formula is C25H16N4O4. The Morgan fingerprint density at radius 1 is 0.909 bits per heavy atom. The van der Waals surface area contributed by atoms with Gasteiger partial charge in [0.05, 0.1) is 10.6 Å². The van der Waals surface area contributed by atoms with Crippen LogP contribution in [0, 0.1) is 10.1 Å². The van der Waals surface area contributed by atoms with Gasteiger partial charge in [0.2, 0.25) is 5.90 Å². The van der Waals surface area contributed by atoms with Gasteiger partial charge in [0, 0.05) is 35.0 Å². The molecule has 0 saturated carbocycles. The Labute approximate surface area is 188 Å². The maximum absolute atomic E-state index is 12.5. The van der Waals surface area contributed by atoms with Crippen LogP contribution in [0.15, 0.2) is 102 Å². The third-order valence-electron chi connectivity index (χ3n) is 5.03. The number of nitro groups is 1. The van der Waals surface area contributed by atoms with Gasteiger partial charge in [-0.15, -0.1) is 0 Å². The summed E-state index contributed by atoms with van der Waals surface area (Å²) in [6.07, 6.45) is 3.33. The van der Waals surface area contributed by atoms with E-state index < -0.39 is 10.9 Å². The lowest BCUT2D eigenvalue weighted by molar-refractivity contribution is -0.384. The first-order valence-corrected chi connectivity index (χ1v) is 10.1. The number of carbonyl (C=O) groups is 1. The van der Waals surface area contributed by atoms with E-state index in [4.69, 9.17) is 4.74 Å². The molecule has 1 aliphatic heterocycles. The minimum atomic E-state index is -0.577. The summed E-state index contributed by atoms with van der Waals surface area (Å²) >= 11 is 0. The second-order valence-electron chi connectivity index (χ2n) is 7.22. The van der Waals surface area contributed by atoms with Crippen LogP contribution in [-0.2, 0) is 9.53 Å². The molecule has 0 fully saturated rings. The number of hydrogen-bond acceptors (Lipinski definition) is 6. The second kappa shape index (κ2) is 8.35. The average Bonchev–Trinajstić information content (AvgIpc) is 3.44. The van der Waals surface area contributed by atoms with Crippen molar-refractivity contribution in [3.8, 4) is 16.9 Å². The molecule has 1 aliphatic rings. The summed E-state index contributed by atoms with van der Waals surface area (Å²) < 4.78 is 7.00. The molecule has 0 amide bonds. The fraction of sp³-hybridized carbons (Fsp3) is 0. The summed E-state index contributed by atoms with van der Waals surface area (Å²) in [5, 5.41) is 15.9. The Hall–Kier alpha value is -4.85. The van der Waals surface area contributed by atoms with Gasteiger partial charge in [-0.1, -0.05) is 48.5 Å². The standard InChI is InChI=1S/C25H16N4O4/c30-25-22(26-24(33-25)17-8-3-1-4-9-17)15-19-16-28(20-11-5-2-6-12-20)27-23(19)18-10-7-13-21(14-18)29(31)32/h1-16H/b22-15-. The first kappa shape index (κ1) is 20.1. The van der Waals surface area contributed by atoms with E-state index in [2.05, 4.69) is 10.1 Å². The largest absolute Gasteiger partial charge is 0.402 e. The Kier molecular flexibility index (Phi) is 5.08. The Balaban J connectivity index is 1.63. The quantitative estimate of drug-likeness (QED) is 0.194. The molecule has 0 N–H and O–H groups in total. The fourth-order valence-corrected chi connectivity index (χ4v) is 3.46. The Morgan fingerprint density at radius 3 is 2.33 bits per heavy atom. The van der Waals surface area contributed by atoms with Crippen LogP contribution in [0.2, 0.25) is 0 Å². The number of cyclic esters (lactones) is 1. The number of benzene rings is 3. The third-order valence-corrected chi connectivity index (χ3v) is 5.03. The van der Waals surface area contributed by atoms with Crippen LogP contribution in [0.1, 0.15) is 11.1 Å². The topological polar surface area (TPSA) is 99.6 Å². The van der Waals surface area contributed by atoms with E-state index in [1.165, 1.54) is 12.1 Å². The van der Waals surface area contributed by atoms with Gasteiger partial charge in [-0.3, -0.25) is 10.1 Å². The molecule has 0 unspecified atom stereocenters. The van der Waals surface area contributed by atoms with Crippen LogP contribution < -0.4 is 0 Å². The molecule has 0 saturated heterocycles. The monoisotopic (exact) mass is 436 g/mol. The van der Waals surface area contributed by atoms with Crippen LogP contribution in [0.4, 0.5) is 5.69 Å². The molecule has 5 rings (SSSR count). The van der Waals surface area contributed by atoms with Crippen molar-refractivity contribution in [2.24, 2.45) is 4.99 Å². The van der Waals surface area contributed by atoms with E-state index >= 15 is 0 Å². The molecule has 0 atom stereocenters. The van der Waals surface area contributed by atoms with Gasteiger partial charge >= 0.3 is 5.97 Å². The highest BCUT2D eigenvalue weighted by Crippen LogP contribution is 2.29. The van der Waals surface area contributed by atoms with Crippen LogP contribution >= 0.6 is 0 Å². The number of ether oxygens (including phenoxy) is 1. The first-order valence-electron chi connectivity index (χ1n) is 10.1. The number of rotatable bonds is 5. The smallest absolute Gasteiger partial charge is 0.363 e. The SMILES string of the molecule is O=C1OC(c2ccccc2)=N/C1=C\c1cn(-c2ccccc2)nc1-c1cccc([N+](=O)[O-])c1. The maximum atomic E-state index is 12.5. The number of non-ortho nitro benzene ring substituents is 1. The summed E-state index contributed by atoms with van der Waals surface area (Å²) in [6, 6.07) is 24.8. The number of esters is 1. The molecule has 0 spiro atoms. The lowest BCUT2D eigenvalue weighted by atomic mass is 10.1. The number of hydrogen-bond donors (Lipinski definition) is 0. The van der Waals surface area contributed by atoms with E-state index in [-0.39, 0.29) is 17.3 Å². The van der Waals surface area contributed by atoms with Gasteiger partial charge in [0.25, 0.3) is 5.69 Å². The molecule has 0 bridgehead atoms. The van der Waals surface area contributed by atoms with Crippen molar-refractivity contribution in [3.05, 3.63) is 118 Å². The maximum Gasteiger partial charge on any atom is 0.363 e. The number of aromatic nitrogens is 2. The highest BCUT2D eigenvalue weighted by Gasteiger charge is 2.25. The minimum absolute atomic E-state index is 0.0509. The summed E-state index contributed by atoms with van der Waals surface area (Å²) in [7, 11) is 0. The molecule has 2 heterocycles. The Bertz CT molecular complexity index is 1420. The number of para-hydroxylation sites is 1. The highest BCUT2D eigenvalue weighted by molar-refractivity contribution is 6.13. The lowest BCUT2D eigenvalue weighted by Gasteiger charge is -2.01. The molecule has 33 heavy (non-hydrogen) atoms. The second-order valence-corrected chi connectivity index (χ2v) is 7.22. The van der Waals surface area contributed by atoms with Crippen LogP contribution in [0.5, 0.6) is 0 Å². The van der Waals surface area contributed by atoms with Crippen molar-refractivity contribution in [1.29, 1.82) is 0 Å². The zero-order valence-corrected chi connectivity index (χ0v) is 17.2. The predicted octanol–water partition coefficient (Wildman–Crippen LogP) is 4.79. The third kappa shape index (κ3) is 4.05. The van der Waals surface area contributed by atoms with Gasteiger partial charge in [-0.25, -0.2) is 14.5 Å². The van der Waals surface area contributed by atoms with Crippen molar-refractivity contribution in [1.82, 2.24) is 9.78 Å². The molecular weight excluding hydrogens is 420 g/mol. The Morgan fingerprint density at radius 2 is 1.61 bits per heavy atom. The van der Waals surface area contributed by atoms with E-state index in [9.17, 15) is 14.9 Å². The zero-order chi connectivity index (χ0) is 22.8. The zero-order valence-electron chi connectivity index (χ0n) is 17.2. The van der Waals surface area contributed by atoms with Crippen LogP contribution in [0.3, 0.4) is 0 Å². The molecule has 8 heteroatoms. The lowest BCUT2D eigenvalue weighted by Crippen LogP contribution is -2.04.